The molecule has 0 bridgehead atoms. The first kappa shape index (κ1) is 26.1. The van der Waals surface area contributed by atoms with E-state index < -0.39 is 5.97 Å². The summed E-state index contributed by atoms with van der Waals surface area (Å²) in [7, 11) is 0. The Bertz CT molecular complexity index is 1170. The highest BCUT2D eigenvalue weighted by Crippen LogP contribution is 2.29. The van der Waals surface area contributed by atoms with Gasteiger partial charge >= 0.3 is 5.97 Å². The highest BCUT2D eigenvalue weighted by Gasteiger charge is 2.19. The van der Waals surface area contributed by atoms with Crippen LogP contribution in [0.5, 0.6) is 5.75 Å². The molecule has 34 heavy (non-hydrogen) atoms. The van der Waals surface area contributed by atoms with Gasteiger partial charge in [-0.15, -0.1) is 21.5 Å². The van der Waals surface area contributed by atoms with Crippen LogP contribution < -0.4 is 10.1 Å². The van der Waals surface area contributed by atoms with Gasteiger partial charge in [0.15, 0.2) is 11.0 Å². The predicted molar refractivity (Wildman–Crippen MR) is 135 cm³/mol. The number of carbonyl (C=O) groups excluding carboxylic acids is 2. The van der Waals surface area contributed by atoms with E-state index >= 15 is 0 Å². The topological polar surface area (TPSA) is 95.3 Å². The molecule has 1 aromatic carbocycles. The van der Waals surface area contributed by atoms with E-state index in [1.807, 2.05) is 44.4 Å². The SMILES string of the molecule is CCOC(=O)c1cc(C)sc1NC(=O)CSc1nnc(COc2cc(C)c(Cl)c(C)c2)n1CC. The van der Waals surface area contributed by atoms with Gasteiger partial charge in [0, 0.05) is 16.4 Å². The number of halogens is 1. The van der Waals surface area contributed by atoms with Crippen LogP contribution in [0, 0.1) is 20.8 Å². The van der Waals surface area contributed by atoms with E-state index in [-0.39, 0.29) is 24.9 Å². The second-order valence-electron chi connectivity index (χ2n) is 7.46. The van der Waals surface area contributed by atoms with Crippen molar-refractivity contribution in [3.05, 3.63) is 50.6 Å². The van der Waals surface area contributed by atoms with Gasteiger partial charge in [0.1, 0.15) is 17.4 Å². The monoisotopic (exact) mass is 522 g/mol. The number of nitrogens with one attached hydrogen (secondary N) is 1. The number of carbonyl (C=O) groups is 2. The summed E-state index contributed by atoms with van der Waals surface area (Å²) in [6.07, 6.45) is 0. The molecule has 0 saturated carbocycles. The van der Waals surface area contributed by atoms with Gasteiger partial charge in [-0.25, -0.2) is 4.79 Å². The zero-order chi connectivity index (χ0) is 24.8. The number of aromatic nitrogens is 3. The lowest BCUT2D eigenvalue weighted by atomic mass is 10.1. The van der Waals surface area contributed by atoms with Gasteiger partial charge in [-0.3, -0.25) is 4.79 Å². The van der Waals surface area contributed by atoms with E-state index in [2.05, 4.69) is 15.5 Å². The Hall–Kier alpha value is -2.56. The van der Waals surface area contributed by atoms with Gasteiger partial charge in [0.25, 0.3) is 0 Å². The summed E-state index contributed by atoms with van der Waals surface area (Å²) in [6, 6.07) is 5.49. The molecule has 0 aliphatic rings. The van der Waals surface area contributed by atoms with E-state index in [0.29, 0.717) is 33.8 Å². The number of thiophene rings is 1. The van der Waals surface area contributed by atoms with Crippen molar-refractivity contribution in [1.29, 1.82) is 0 Å². The maximum Gasteiger partial charge on any atom is 0.341 e. The molecule has 1 amide bonds. The molecule has 3 aromatic rings. The maximum absolute atomic E-state index is 12.6. The average molecular weight is 523 g/mol. The zero-order valence-electron chi connectivity index (χ0n) is 19.7. The van der Waals surface area contributed by atoms with Crippen molar-refractivity contribution in [2.75, 3.05) is 17.7 Å². The van der Waals surface area contributed by atoms with Crippen LogP contribution in [-0.4, -0.2) is 39.0 Å². The summed E-state index contributed by atoms with van der Waals surface area (Å²) in [6.45, 7) is 10.6. The number of esters is 1. The number of anilines is 1. The Kier molecular flexibility index (Phi) is 8.98. The fraction of sp³-hybridized carbons (Fsp3) is 0.391. The van der Waals surface area contributed by atoms with Crippen LogP contribution in [0.15, 0.2) is 23.4 Å². The molecular weight excluding hydrogens is 496 g/mol. The third-order valence-electron chi connectivity index (χ3n) is 4.82. The standard InChI is InChI=1S/C23H27ClN4O4S2/c1-6-28-18(11-32-16-8-13(3)20(24)14(4)9-16)26-27-23(28)33-12-19(29)25-21-17(10-15(5)34-21)22(30)31-7-2/h8-10H,6-7,11-12H2,1-5H3,(H,25,29). The summed E-state index contributed by atoms with van der Waals surface area (Å²) >= 11 is 8.84. The molecule has 8 nitrogen and oxygen atoms in total. The molecule has 0 atom stereocenters. The number of thioether (sulfide) groups is 1. The van der Waals surface area contributed by atoms with Gasteiger partial charge in [-0.2, -0.15) is 0 Å². The molecule has 2 aromatic heterocycles. The van der Waals surface area contributed by atoms with Crippen LogP contribution in [0.1, 0.15) is 46.0 Å². The Morgan fingerprint density at radius 1 is 1.15 bits per heavy atom. The predicted octanol–water partition coefficient (Wildman–Crippen LogP) is 5.42. The van der Waals surface area contributed by atoms with Crippen molar-refractivity contribution in [3.63, 3.8) is 0 Å². The fourth-order valence-electron chi connectivity index (χ4n) is 3.25. The van der Waals surface area contributed by atoms with E-state index in [1.54, 1.807) is 13.0 Å². The molecule has 1 N–H and O–H groups in total. The van der Waals surface area contributed by atoms with Crippen LogP contribution in [0.3, 0.4) is 0 Å². The third-order valence-corrected chi connectivity index (χ3v) is 7.35. The van der Waals surface area contributed by atoms with Gasteiger partial charge in [-0.05, 0) is 63.9 Å². The van der Waals surface area contributed by atoms with Crippen molar-refractivity contribution < 1.29 is 19.1 Å². The van der Waals surface area contributed by atoms with Crippen molar-refractivity contribution in [3.8, 4) is 5.75 Å². The van der Waals surface area contributed by atoms with Crippen molar-refractivity contribution >= 4 is 51.6 Å². The third kappa shape index (κ3) is 6.31. The number of aryl methyl sites for hydroxylation is 3. The van der Waals surface area contributed by atoms with Crippen molar-refractivity contribution in [2.24, 2.45) is 0 Å². The Labute approximate surface area is 212 Å². The maximum atomic E-state index is 12.6. The molecule has 0 radical (unpaired) electrons. The largest absolute Gasteiger partial charge is 0.486 e. The number of ether oxygens (including phenoxy) is 2. The minimum Gasteiger partial charge on any atom is -0.486 e. The summed E-state index contributed by atoms with van der Waals surface area (Å²) in [5.41, 5.74) is 2.26. The minimum absolute atomic E-state index is 0.119. The molecule has 3 rings (SSSR count). The number of amides is 1. The number of benzene rings is 1. The number of hydrogen-bond donors (Lipinski definition) is 1. The molecule has 2 heterocycles. The summed E-state index contributed by atoms with van der Waals surface area (Å²) < 4.78 is 12.9. The van der Waals surface area contributed by atoms with Crippen LogP contribution >= 0.6 is 34.7 Å². The second-order valence-corrected chi connectivity index (χ2v) is 10.0. The lowest BCUT2D eigenvalue weighted by molar-refractivity contribution is -0.113. The van der Waals surface area contributed by atoms with Crippen LogP contribution in [-0.2, 0) is 22.7 Å². The molecule has 0 aliphatic carbocycles. The van der Waals surface area contributed by atoms with Gasteiger partial charge in [-0.1, -0.05) is 23.4 Å². The first-order chi connectivity index (χ1) is 16.2. The number of nitrogens with zero attached hydrogens (tertiary/aromatic N) is 3. The van der Waals surface area contributed by atoms with E-state index in [4.69, 9.17) is 21.1 Å². The Balaban J connectivity index is 1.62. The second kappa shape index (κ2) is 11.7. The Morgan fingerprint density at radius 2 is 1.85 bits per heavy atom. The highest BCUT2D eigenvalue weighted by molar-refractivity contribution is 7.99. The quantitative estimate of drug-likeness (QED) is 0.280. The van der Waals surface area contributed by atoms with Gasteiger partial charge in [0.2, 0.25) is 5.91 Å². The number of rotatable bonds is 10. The molecule has 0 saturated heterocycles. The minimum atomic E-state index is -0.448. The summed E-state index contributed by atoms with van der Waals surface area (Å²) in [4.78, 5) is 25.6. The summed E-state index contributed by atoms with van der Waals surface area (Å²) in [5, 5.41) is 13.1. The van der Waals surface area contributed by atoms with Crippen LogP contribution in [0.25, 0.3) is 0 Å². The normalized spacial score (nSPS) is 10.9. The Morgan fingerprint density at radius 3 is 2.50 bits per heavy atom. The zero-order valence-corrected chi connectivity index (χ0v) is 22.1. The lowest BCUT2D eigenvalue weighted by Gasteiger charge is -2.11. The fourth-order valence-corrected chi connectivity index (χ4v) is 5.09. The van der Waals surface area contributed by atoms with E-state index in [1.165, 1.54) is 23.1 Å². The van der Waals surface area contributed by atoms with Crippen molar-refractivity contribution in [1.82, 2.24) is 14.8 Å². The smallest absolute Gasteiger partial charge is 0.341 e. The molecule has 0 aliphatic heterocycles. The van der Waals surface area contributed by atoms with Crippen LogP contribution in [0.2, 0.25) is 5.02 Å². The highest BCUT2D eigenvalue weighted by atomic mass is 35.5. The van der Waals surface area contributed by atoms with E-state index in [9.17, 15) is 9.59 Å². The lowest BCUT2D eigenvalue weighted by Crippen LogP contribution is -2.16. The average Bonchev–Trinajstić information content (AvgIpc) is 3.36. The van der Waals surface area contributed by atoms with Gasteiger partial charge in [0.05, 0.1) is 17.9 Å². The first-order valence-corrected chi connectivity index (χ1v) is 12.9. The molecule has 182 valence electrons. The molecule has 0 spiro atoms. The molecule has 0 fully saturated rings. The number of hydrogen-bond acceptors (Lipinski definition) is 8. The van der Waals surface area contributed by atoms with Crippen molar-refractivity contribution in [2.45, 2.75) is 52.9 Å². The first-order valence-electron chi connectivity index (χ1n) is 10.7. The molecule has 11 heteroatoms. The van der Waals surface area contributed by atoms with E-state index in [0.717, 1.165) is 21.0 Å². The molecular formula is C23H27ClN4O4S2. The summed E-state index contributed by atoms with van der Waals surface area (Å²) in [5.74, 6) is 0.800. The van der Waals surface area contributed by atoms with Gasteiger partial charge < -0.3 is 19.4 Å². The molecule has 0 unspecified atom stereocenters. The van der Waals surface area contributed by atoms with Crippen LogP contribution in [0.4, 0.5) is 5.00 Å².